The normalized spacial score (nSPS) is 16.2. The Labute approximate surface area is 141 Å². The van der Waals surface area contributed by atoms with E-state index in [4.69, 9.17) is 9.15 Å². The number of aliphatic hydroxyl groups excluding tert-OH is 1. The number of benzene rings is 1. The number of aryl methyl sites for hydroxylation is 1. The lowest BCUT2D eigenvalue weighted by atomic mass is 10.1. The number of ether oxygens (including phenoxy) is 1. The molecule has 1 N–H and O–H groups in total. The quantitative estimate of drug-likeness (QED) is 0.678. The number of carbonyl (C=O) groups is 1. The van der Waals surface area contributed by atoms with E-state index < -0.39 is 11.6 Å². The van der Waals surface area contributed by atoms with Gasteiger partial charge in [0.05, 0.1) is 18.0 Å². The Bertz CT molecular complexity index is 942. The molecule has 1 aliphatic heterocycles. The van der Waals surface area contributed by atoms with Gasteiger partial charge in [0.15, 0.2) is 0 Å². The van der Waals surface area contributed by atoms with Gasteiger partial charge < -0.3 is 14.3 Å². The summed E-state index contributed by atoms with van der Waals surface area (Å²) in [6.45, 7) is 3.74. The summed E-state index contributed by atoms with van der Waals surface area (Å²) in [4.78, 5) is 27.9. The fourth-order valence-electron chi connectivity index (χ4n) is 2.40. The van der Waals surface area contributed by atoms with E-state index >= 15 is 0 Å². The first-order chi connectivity index (χ1) is 11.5. The number of aliphatic hydroxyl groups is 1. The zero-order valence-corrected chi connectivity index (χ0v) is 14.0. The van der Waals surface area contributed by atoms with Crippen LogP contribution in [0, 0.1) is 6.92 Å². The number of rotatable bonds is 3. The van der Waals surface area contributed by atoms with E-state index in [-0.39, 0.29) is 23.7 Å². The van der Waals surface area contributed by atoms with Crippen molar-refractivity contribution in [2.75, 3.05) is 12.4 Å². The topological polar surface area (TPSA) is 89.1 Å². The second-order valence-corrected chi connectivity index (χ2v) is 6.14. The van der Waals surface area contributed by atoms with Gasteiger partial charge in [0.1, 0.15) is 22.0 Å². The van der Waals surface area contributed by atoms with Crippen molar-refractivity contribution in [3.63, 3.8) is 0 Å². The minimum atomic E-state index is -0.595. The zero-order valence-electron chi connectivity index (χ0n) is 13.2. The summed E-state index contributed by atoms with van der Waals surface area (Å²) in [6, 6.07) is 6.64. The van der Waals surface area contributed by atoms with Crippen LogP contribution in [0.4, 0.5) is 5.69 Å². The molecule has 0 radical (unpaired) electrons. The average Bonchev–Trinajstić information content (AvgIpc) is 2.87. The number of carbonyl (C=O) groups excluding carboxylic acids is 1. The summed E-state index contributed by atoms with van der Waals surface area (Å²) in [5, 5.41) is 11.1. The SMILES string of the molecule is CCOC(=O)C1=C(O)CSC1=Nc1ccc2c(C)cc(=O)oc2c1. The first-order valence-corrected chi connectivity index (χ1v) is 8.33. The fraction of sp³-hybridized carbons (Fsp3) is 0.235. The minimum Gasteiger partial charge on any atom is -0.510 e. The van der Waals surface area contributed by atoms with Crippen LogP contribution in [-0.4, -0.2) is 28.5 Å². The highest BCUT2D eigenvalue weighted by Crippen LogP contribution is 2.31. The first-order valence-electron chi connectivity index (χ1n) is 7.35. The van der Waals surface area contributed by atoms with Gasteiger partial charge in [0, 0.05) is 17.5 Å². The average molecular weight is 345 g/mol. The highest BCUT2D eigenvalue weighted by molar-refractivity contribution is 8.15. The maximum absolute atomic E-state index is 12.0. The second-order valence-electron chi connectivity index (χ2n) is 5.18. The van der Waals surface area contributed by atoms with Crippen molar-refractivity contribution in [2.24, 2.45) is 4.99 Å². The summed E-state index contributed by atoms with van der Waals surface area (Å²) in [5.74, 6) is -0.364. The van der Waals surface area contributed by atoms with Crippen LogP contribution in [0.2, 0.25) is 0 Å². The van der Waals surface area contributed by atoms with Gasteiger partial charge in [-0.3, -0.25) is 0 Å². The fourth-order valence-corrected chi connectivity index (χ4v) is 3.33. The number of aliphatic imine (C=N–C) groups is 1. The van der Waals surface area contributed by atoms with E-state index in [0.717, 1.165) is 10.9 Å². The molecule has 124 valence electrons. The Morgan fingerprint density at radius 2 is 2.21 bits per heavy atom. The van der Waals surface area contributed by atoms with Crippen molar-refractivity contribution in [1.29, 1.82) is 0 Å². The zero-order chi connectivity index (χ0) is 17.3. The molecule has 2 heterocycles. The third kappa shape index (κ3) is 3.07. The molecule has 0 amide bonds. The van der Waals surface area contributed by atoms with Crippen LogP contribution in [0.15, 0.2) is 49.8 Å². The van der Waals surface area contributed by atoms with E-state index in [2.05, 4.69) is 4.99 Å². The summed E-state index contributed by atoms with van der Waals surface area (Å²) >= 11 is 1.25. The summed E-state index contributed by atoms with van der Waals surface area (Å²) in [5.41, 5.74) is 1.43. The summed E-state index contributed by atoms with van der Waals surface area (Å²) < 4.78 is 10.2. The van der Waals surface area contributed by atoms with Gasteiger partial charge in [-0.1, -0.05) is 11.8 Å². The molecule has 0 atom stereocenters. The minimum absolute atomic E-state index is 0.0413. The Morgan fingerprint density at radius 3 is 2.96 bits per heavy atom. The molecule has 24 heavy (non-hydrogen) atoms. The lowest BCUT2D eigenvalue weighted by Crippen LogP contribution is -2.12. The maximum atomic E-state index is 12.0. The lowest BCUT2D eigenvalue weighted by molar-refractivity contribution is -0.138. The molecule has 2 aromatic rings. The van der Waals surface area contributed by atoms with Crippen molar-refractivity contribution in [2.45, 2.75) is 13.8 Å². The standard InChI is InChI=1S/C17H15NO5S/c1-3-22-17(21)15-12(19)8-24-16(15)18-10-4-5-11-9(2)6-14(20)23-13(11)7-10/h4-7,19H,3,8H2,1-2H3. The molecule has 0 saturated heterocycles. The van der Waals surface area contributed by atoms with Crippen molar-refractivity contribution < 1.29 is 19.1 Å². The van der Waals surface area contributed by atoms with Gasteiger partial charge in [0.25, 0.3) is 0 Å². The van der Waals surface area contributed by atoms with Gasteiger partial charge in [-0.25, -0.2) is 14.6 Å². The van der Waals surface area contributed by atoms with Crippen LogP contribution in [0.5, 0.6) is 0 Å². The second kappa shape index (κ2) is 6.52. The first kappa shape index (κ1) is 16.3. The predicted octanol–water partition coefficient (Wildman–Crippen LogP) is 3.25. The molecule has 1 aliphatic rings. The van der Waals surface area contributed by atoms with Gasteiger partial charge in [0.2, 0.25) is 0 Å². The molecule has 0 bridgehead atoms. The van der Waals surface area contributed by atoms with Crippen LogP contribution >= 0.6 is 11.8 Å². The van der Waals surface area contributed by atoms with E-state index in [1.54, 1.807) is 25.1 Å². The van der Waals surface area contributed by atoms with Gasteiger partial charge in [-0.05, 0) is 31.5 Å². The summed E-state index contributed by atoms with van der Waals surface area (Å²) in [7, 11) is 0. The van der Waals surface area contributed by atoms with Crippen LogP contribution in [0.1, 0.15) is 12.5 Å². The number of hydrogen-bond donors (Lipinski definition) is 1. The van der Waals surface area contributed by atoms with Crippen molar-refractivity contribution in [3.8, 4) is 0 Å². The van der Waals surface area contributed by atoms with Crippen LogP contribution < -0.4 is 5.63 Å². The molecular formula is C17H15NO5S. The van der Waals surface area contributed by atoms with Gasteiger partial charge in [-0.15, -0.1) is 0 Å². The van der Waals surface area contributed by atoms with Crippen LogP contribution in [0.25, 0.3) is 11.0 Å². The van der Waals surface area contributed by atoms with Crippen LogP contribution in [-0.2, 0) is 9.53 Å². The Kier molecular flexibility index (Phi) is 4.44. The third-order valence-corrected chi connectivity index (χ3v) is 4.48. The molecule has 6 nitrogen and oxygen atoms in total. The lowest BCUT2D eigenvalue weighted by Gasteiger charge is -2.05. The molecule has 0 fully saturated rings. The van der Waals surface area contributed by atoms with Crippen molar-refractivity contribution in [1.82, 2.24) is 0 Å². The highest BCUT2D eigenvalue weighted by atomic mass is 32.2. The van der Waals surface area contributed by atoms with Gasteiger partial charge >= 0.3 is 11.6 Å². The Morgan fingerprint density at radius 1 is 1.42 bits per heavy atom. The highest BCUT2D eigenvalue weighted by Gasteiger charge is 2.29. The third-order valence-electron chi connectivity index (χ3n) is 3.49. The number of nitrogens with zero attached hydrogens (tertiary/aromatic N) is 1. The van der Waals surface area contributed by atoms with Crippen molar-refractivity contribution in [3.05, 3.63) is 51.6 Å². The Balaban J connectivity index is 2.03. The number of hydrogen-bond acceptors (Lipinski definition) is 7. The largest absolute Gasteiger partial charge is 0.510 e. The Hall–Kier alpha value is -2.54. The molecule has 0 unspecified atom stereocenters. The van der Waals surface area contributed by atoms with E-state index in [1.165, 1.54) is 17.8 Å². The molecular weight excluding hydrogens is 330 g/mol. The number of esters is 1. The molecule has 0 aliphatic carbocycles. The molecule has 1 aromatic heterocycles. The van der Waals surface area contributed by atoms with Crippen molar-refractivity contribution >= 4 is 39.4 Å². The van der Waals surface area contributed by atoms with E-state index in [1.807, 2.05) is 6.92 Å². The smallest absolute Gasteiger partial charge is 0.344 e. The van der Waals surface area contributed by atoms with E-state index in [0.29, 0.717) is 16.3 Å². The monoisotopic (exact) mass is 345 g/mol. The van der Waals surface area contributed by atoms with Gasteiger partial charge in [-0.2, -0.15) is 0 Å². The molecule has 0 spiro atoms. The number of thioether (sulfide) groups is 1. The molecule has 3 rings (SSSR count). The van der Waals surface area contributed by atoms with Crippen LogP contribution in [0.3, 0.4) is 0 Å². The molecule has 1 aromatic carbocycles. The predicted molar refractivity (Wildman–Crippen MR) is 93.1 cm³/mol. The van der Waals surface area contributed by atoms with E-state index in [9.17, 15) is 14.7 Å². The molecule has 0 saturated carbocycles. The molecule has 7 heteroatoms. The number of fused-ring (bicyclic) bond motifs is 1. The summed E-state index contributed by atoms with van der Waals surface area (Å²) in [6.07, 6.45) is 0. The maximum Gasteiger partial charge on any atom is 0.344 e.